The molecule has 0 bridgehead atoms. The molecular weight excluding hydrogens is 456 g/mol. The van der Waals surface area contributed by atoms with Gasteiger partial charge in [0.15, 0.2) is 11.5 Å². The summed E-state index contributed by atoms with van der Waals surface area (Å²) in [6.45, 7) is 2.44. The average Bonchev–Trinajstić information content (AvgIpc) is 3.26. The number of likely N-dealkylation sites (N-methyl/N-ethyl adjacent to an activating group) is 1. The fraction of sp³-hybridized carbons (Fsp3) is 0.370. The van der Waals surface area contributed by atoms with Crippen LogP contribution in [0.1, 0.15) is 5.69 Å². The molecule has 2 aliphatic heterocycles. The molecule has 4 heterocycles. The summed E-state index contributed by atoms with van der Waals surface area (Å²) < 4.78 is 13.4. The lowest BCUT2D eigenvalue weighted by Crippen LogP contribution is -2.30. The molecule has 9 nitrogen and oxygen atoms in total. The Morgan fingerprint density at radius 1 is 1.25 bits per heavy atom. The number of nitrogens with two attached hydrogens (primary N) is 1. The van der Waals surface area contributed by atoms with Crippen molar-refractivity contribution >= 4 is 22.8 Å². The van der Waals surface area contributed by atoms with Crippen molar-refractivity contribution < 1.29 is 14.3 Å². The average molecular weight is 485 g/mol. The van der Waals surface area contributed by atoms with Gasteiger partial charge in [0.05, 0.1) is 5.39 Å². The lowest BCUT2D eigenvalue weighted by molar-refractivity contribution is -0.125. The molecular formula is C27H28N6O3. The van der Waals surface area contributed by atoms with E-state index in [0.717, 1.165) is 47.5 Å². The fourth-order valence-corrected chi connectivity index (χ4v) is 5.35. The molecule has 6 rings (SSSR count). The zero-order chi connectivity index (χ0) is 25.0. The van der Waals surface area contributed by atoms with Gasteiger partial charge in [-0.15, -0.1) is 0 Å². The van der Waals surface area contributed by atoms with E-state index in [1.165, 1.54) is 6.33 Å². The number of nitrogens with zero attached hydrogens (tertiary/aromatic N) is 5. The normalized spacial score (nSPS) is 21.8. The Balaban J connectivity index is 1.30. The molecule has 2 fully saturated rings. The standard InChI is InChI=1S/C27H28N6O3/c1-31(2)11-5-8-22(34)33-12-18-16(19(18)13-33)9-10-20-23(17-6-4-7-21-25(17)36-15-35-21)24-26(28)29-14-30-27(24)32(20)3/h4-8,14,16,18-19H,11-13,15H2,1-3H3,(H2,28,29,30)/b8-5+/t16?,18-,19+. The third kappa shape index (κ3) is 3.65. The van der Waals surface area contributed by atoms with Crippen LogP contribution in [0.5, 0.6) is 11.5 Å². The molecule has 3 aliphatic rings. The predicted octanol–water partition coefficient (Wildman–Crippen LogP) is 2.12. The van der Waals surface area contributed by atoms with Crippen molar-refractivity contribution in [2.24, 2.45) is 24.8 Å². The van der Waals surface area contributed by atoms with E-state index in [2.05, 4.69) is 21.8 Å². The molecule has 0 radical (unpaired) electrons. The van der Waals surface area contributed by atoms with Crippen LogP contribution in [0.2, 0.25) is 0 Å². The number of piperidine rings is 1. The van der Waals surface area contributed by atoms with Gasteiger partial charge in [0, 0.05) is 49.8 Å². The zero-order valence-corrected chi connectivity index (χ0v) is 20.6. The van der Waals surface area contributed by atoms with E-state index in [1.54, 1.807) is 6.08 Å². The van der Waals surface area contributed by atoms with Crippen LogP contribution in [0.15, 0.2) is 36.7 Å². The SMILES string of the molecule is CN(C)C/C=C/C(=O)N1C[C@@H]2C(C#Cc3c(-c4cccc5c4OCO5)c4c(N)ncnc4n3C)[C@@H]2C1. The highest BCUT2D eigenvalue weighted by Gasteiger charge is 2.55. The molecule has 1 aromatic carbocycles. The lowest BCUT2D eigenvalue weighted by atomic mass is 10.0. The van der Waals surface area contributed by atoms with Gasteiger partial charge in [-0.1, -0.05) is 24.1 Å². The molecule has 1 aliphatic carbocycles. The molecule has 36 heavy (non-hydrogen) atoms. The van der Waals surface area contributed by atoms with Crippen LogP contribution in [0.4, 0.5) is 5.82 Å². The first-order valence-electron chi connectivity index (χ1n) is 12.0. The van der Waals surface area contributed by atoms with Gasteiger partial charge in [-0.3, -0.25) is 4.79 Å². The van der Waals surface area contributed by atoms with E-state index < -0.39 is 0 Å². The van der Waals surface area contributed by atoms with Crippen LogP contribution in [0, 0.1) is 29.6 Å². The largest absolute Gasteiger partial charge is 0.454 e. The van der Waals surface area contributed by atoms with Gasteiger partial charge >= 0.3 is 0 Å². The van der Waals surface area contributed by atoms with E-state index in [-0.39, 0.29) is 18.6 Å². The predicted molar refractivity (Wildman–Crippen MR) is 136 cm³/mol. The fourth-order valence-electron chi connectivity index (χ4n) is 5.35. The maximum atomic E-state index is 12.5. The topological polar surface area (TPSA) is 98.7 Å². The first-order chi connectivity index (χ1) is 17.4. The van der Waals surface area contributed by atoms with E-state index in [1.807, 2.05) is 59.8 Å². The Hall–Kier alpha value is -4.03. The Bertz CT molecular complexity index is 1450. The number of fused-ring (bicyclic) bond motifs is 3. The second kappa shape index (κ2) is 8.57. The van der Waals surface area contributed by atoms with Crippen LogP contribution in [0.25, 0.3) is 22.2 Å². The maximum Gasteiger partial charge on any atom is 0.246 e. The second-order valence-corrected chi connectivity index (χ2v) is 9.81. The number of anilines is 1. The summed E-state index contributed by atoms with van der Waals surface area (Å²) in [7, 11) is 5.91. The highest BCUT2D eigenvalue weighted by atomic mass is 16.7. The number of hydrogen-bond donors (Lipinski definition) is 1. The monoisotopic (exact) mass is 484 g/mol. The molecule has 3 atom stereocenters. The highest BCUT2D eigenvalue weighted by Crippen LogP contribution is 2.51. The van der Waals surface area contributed by atoms with Crippen molar-refractivity contribution in [3.63, 3.8) is 0 Å². The molecule has 2 N–H and O–H groups in total. The number of likely N-dealkylation sites (tertiary alicyclic amines) is 1. The van der Waals surface area contributed by atoms with Crippen molar-refractivity contribution in [1.82, 2.24) is 24.3 Å². The van der Waals surface area contributed by atoms with Crippen LogP contribution in [0.3, 0.4) is 0 Å². The lowest BCUT2D eigenvalue weighted by Gasteiger charge is -2.16. The second-order valence-electron chi connectivity index (χ2n) is 9.81. The van der Waals surface area contributed by atoms with Crippen molar-refractivity contribution in [2.75, 3.05) is 46.3 Å². The maximum absolute atomic E-state index is 12.5. The quantitative estimate of drug-likeness (QED) is 0.447. The summed E-state index contributed by atoms with van der Waals surface area (Å²) in [6, 6.07) is 5.80. The minimum Gasteiger partial charge on any atom is -0.454 e. The number of rotatable bonds is 4. The van der Waals surface area contributed by atoms with Gasteiger partial charge in [0.2, 0.25) is 12.7 Å². The van der Waals surface area contributed by atoms with Crippen LogP contribution in [-0.2, 0) is 11.8 Å². The van der Waals surface area contributed by atoms with Gasteiger partial charge in [-0.05, 0) is 37.9 Å². The molecule has 0 spiro atoms. The van der Waals surface area contributed by atoms with Crippen molar-refractivity contribution in [3.05, 3.63) is 42.4 Å². The molecule has 3 aromatic rings. The number of para-hydroxylation sites is 1. The van der Waals surface area contributed by atoms with Crippen LogP contribution < -0.4 is 15.2 Å². The number of hydrogen-bond acceptors (Lipinski definition) is 7. The number of carbonyl (C=O) groups is 1. The number of aryl methyl sites for hydroxylation is 1. The first kappa shape index (κ1) is 22.4. The molecule has 1 saturated heterocycles. The van der Waals surface area contributed by atoms with Crippen molar-refractivity contribution in [2.45, 2.75) is 0 Å². The summed E-state index contributed by atoms with van der Waals surface area (Å²) >= 11 is 0. The molecule has 184 valence electrons. The van der Waals surface area contributed by atoms with Crippen molar-refractivity contribution in [1.29, 1.82) is 0 Å². The first-order valence-corrected chi connectivity index (χ1v) is 12.0. The molecule has 1 saturated carbocycles. The molecule has 2 aromatic heterocycles. The van der Waals surface area contributed by atoms with Crippen LogP contribution >= 0.6 is 0 Å². The summed E-state index contributed by atoms with van der Waals surface area (Å²) in [5.41, 5.74) is 9.57. The third-order valence-corrected chi connectivity index (χ3v) is 7.26. The Morgan fingerprint density at radius 2 is 2.06 bits per heavy atom. The molecule has 1 unspecified atom stereocenters. The number of carbonyl (C=O) groups excluding carboxylic acids is 1. The number of benzene rings is 1. The number of ether oxygens (including phenoxy) is 2. The Kier molecular flexibility index (Phi) is 5.34. The van der Waals surface area contributed by atoms with Gasteiger partial charge < -0.3 is 29.6 Å². The van der Waals surface area contributed by atoms with E-state index in [4.69, 9.17) is 15.2 Å². The number of amides is 1. The summed E-state index contributed by atoms with van der Waals surface area (Å²) in [4.78, 5) is 25.2. The number of aromatic nitrogens is 3. The minimum absolute atomic E-state index is 0.0842. The van der Waals surface area contributed by atoms with Gasteiger partial charge in [0.25, 0.3) is 0 Å². The minimum atomic E-state index is 0.0842. The van der Waals surface area contributed by atoms with Gasteiger partial charge in [0.1, 0.15) is 23.5 Å². The third-order valence-electron chi connectivity index (χ3n) is 7.26. The van der Waals surface area contributed by atoms with E-state index in [9.17, 15) is 4.79 Å². The smallest absolute Gasteiger partial charge is 0.246 e. The molecule has 9 heteroatoms. The van der Waals surface area contributed by atoms with E-state index in [0.29, 0.717) is 29.2 Å². The highest BCUT2D eigenvalue weighted by molar-refractivity contribution is 6.05. The summed E-state index contributed by atoms with van der Waals surface area (Å²) in [5, 5.41) is 0.755. The van der Waals surface area contributed by atoms with Crippen molar-refractivity contribution in [3.8, 4) is 34.5 Å². The Labute approximate surface area is 209 Å². The Morgan fingerprint density at radius 3 is 2.83 bits per heavy atom. The summed E-state index contributed by atoms with van der Waals surface area (Å²) in [6.07, 6.45) is 5.06. The van der Waals surface area contributed by atoms with E-state index >= 15 is 0 Å². The number of nitrogen functional groups attached to an aromatic ring is 1. The van der Waals surface area contributed by atoms with Crippen LogP contribution in [-0.4, -0.2) is 70.8 Å². The molecule has 1 amide bonds. The van der Waals surface area contributed by atoms with Gasteiger partial charge in [-0.2, -0.15) is 0 Å². The zero-order valence-electron chi connectivity index (χ0n) is 20.6. The summed E-state index contributed by atoms with van der Waals surface area (Å²) in [5.74, 6) is 9.91. The van der Waals surface area contributed by atoms with Gasteiger partial charge in [-0.25, -0.2) is 9.97 Å².